The molecule has 0 spiro atoms. The Balaban J connectivity index is 2.56. The minimum Gasteiger partial charge on any atom is -0.207 e. The maximum absolute atomic E-state index is 13.3. The molecule has 1 atom stereocenters. The molecule has 0 amide bonds. The van der Waals surface area contributed by atoms with Crippen LogP contribution >= 0.6 is 0 Å². The van der Waals surface area contributed by atoms with Gasteiger partial charge in [-0.1, -0.05) is 6.92 Å². The average molecular weight is 182 g/mol. The highest BCUT2D eigenvalue weighted by Gasteiger charge is 2.20. The predicted molar refractivity (Wildman–Crippen MR) is 47.7 cm³/mol. The first-order valence-corrected chi connectivity index (χ1v) is 4.66. The van der Waals surface area contributed by atoms with Gasteiger partial charge < -0.3 is 0 Å². The summed E-state index contributed by atoms with van der Waals surface area (Å²) in [5, 5.41) is 0. The Hall–Kier alpha value is -0.920. The molecule has 1 aliphatic carbocycles. The van der Waals surface area contributed by atoms with Gasteiger partial charge in [0.05, 0.1) is 0 Å². The summed E-state index contributed by atoms with van der Waals surface area (Å²) in [5.41, 5.74) is 1.59. The molecule has 13 heavy (non-hydrogen) atoms. The highest BCUT2D eigenvalue weighted by Crippen LogP contribution is 2.32. The molecular weight excluding hydrogens is 170 g/mol. The first-order chi connectivity index (χ1) is 6.18. The summed E-state index contributed by atoms with van der Waals surface area (Å²) < 4.78 is 26.2. The van der Waals surface area contributed by atoms with Gasteiger partial charge in [-0.3, -0.25) is 0 Å². The van der Waals surface area contributed by atoms with E-state index in [0.717, 1.165) is 36.5 Å². The third kappa shape index (κ3) is 1.45. The molecule has 1 aromatic carbocycles. The largest absolute Gasteiger partial charge is 0.207 e. The molecule has 2 heteroatoms. The molecule has 70 valence electrons. The van der Waals surface area contributed by atoms with Gasteiger partial charge in [0.25, 0.3) is 0 Å². The van der Waals surface area contributed by atoms with Crippen LogP contribution in [-0.4, -0.2) is 0 Å². The third-order valence-electron chi connectivity index (χ3n) is 2.79. The van der Waals surface area contributed by atoms with Crippen molar-refractivity contribution in [2.75, 3.05) is 0 Å². The molecule has 0 unspecified atom stereocenters. The van der Waals surface area contributed by atoms with Crippen LogP contribution in [0.1, 0.15) is 36.8 Å². The van der Waals surface area contributed by atoms with Crippen LogP contribution in [0.2, 0.25) is 0 Å². The zero-order valence-electron chi connectivity index (χ0n) is 7.61. The van der Waals surface area contributed by atoms with Crippen LogP contribution in [0.3, 0.4) is 0 Å². The van der Waals surface area contributed by atoms with Crippen LogP contribution in [0.15, 0.2) is 12.1 Å². The number of benzene rings is 1. The van der Waals surface area contributed by atoms with Crippen molar-refractivity contribution in [2.24, 2.45) is 0 Å². The average Bonchev–Trinajstić information content (AvgIpc) is 2.07. The summed E-state index contributed by atoms with van der Waals surface area (Å²) in [5.74, 6) is -0.527. The monoisotopic (exact) mass is 182 g/mol. The second-order valence-electron chi connectivity index (χ2n) is 3.75. The van der Waals surface area contributed by atoms with Gasteiger partial charge in [-0.25, -0.2) is 8.78 Å². The minimum atomic E-state index is -0.454. The lowest BCUT2D eigenvalue weighted by molar-refractivity contribution is 0.522. The molecule has 0 aliphatic heterocycles. The molecular formula is C11H12F2. The fourth-order valence-corrected chi connectivity index (χ4v) is 2.07. The Labute approximate surface area is 76.6 Å². The quantitative estimate of drug-likeness (QED) is 0.576. The van der Waals surface area contributed by atoms with Gasteiger partial charge in [0.2, 0.25) is 0 Å². The minimum absolute atomic E-state index is 0.300. The van der Waals surface area contributed by atoms with E-state index in [1.54, 1.807) is 0 Å². The van der Waals surface area contributed by atoms with E-state index in [-0.39, 0.29) is 5.82 Å². The molecule has 0 fully saturated rings. The van der Waals surface area contributed by atoms with Gasteiger partial charge in [-0.2, -0.15) is 0 Å². The molecule has 0 radical (unpaired) electrons. The van der Waals surface area contributed by atoms with Crippen molar-refractivity contribution < 1.29 is 8.78 Å². The number of rotatable bonds is 0. The summed E-state index contributed by atoms with van der Waals surface area (Å²) >= 11 is 0. The van der Waals surface area contributed by atoms with E-state index in [1.165, 1.54) is 6.07 Å². The van der Waals surface area contributed by atoms with Crippen LogP contribution in [0, 0.1) is 11.6 Å². The van der Waals surface area contributed by atoms with E-state index >= 15 is 0 Å². The Morgan fingerprint density at radius 2 is 2.08 bits per heavy atom. The summed E-state index contributed by atoms with van der Waals surface area (Å²) in [6.07, 6.45) is 2.80. The first-order valence-electron chi connectivity index (χ1n) is 4.66. The van der Waals surface area contributed by atoms with Crippen LogP contribution < -0.4 is 0 Å². The number of hydrogen-bond acceptors (Lipinski definition) is 0. The lowest BCUT2D eigenvalue weighted by atomic mass is 9.84. The standard InChI is InChI=1S/C11H12F2/c1-7-3-2-4-9-10(7)5-8(12)6-11(9)13/h5-7H,2-4H2,1H3/t7-/m1/s1. The van der Waals surface area contributed by atoms with E-state index in [1.807, 2.05) is 6.92 Å². The van der Waals surface area contributed by atoms with E-state index < -0.39 is 5.82 Å². The second-order valence-corrected chi connectivity index (χ2v) is 3.75. The number of hydrogen-bond donors (Lipinski definition) is 0. The zero-order valence-corrected chi connectivity index (χ0v) is 7.61. The lowest BCUT2D eigenvalue weighted by Crippen LogP contribution is -2.09. The fourth-order valence-electron chi connectivity index (χ4n) is 2.07. The summed E-state index contributed by atoms with van der Waals surface area (Å²) in [4.78, 5) is 0. The second kappa shape index (κ2) is 3.09. The van der Waals surface area contributed by atoms with Crippen LogP contribution in [0.4, 0.5) is 8.78 Å². The molecule has 0 nitrogen and oxygen atoms in total. The van der Waals surface area contributed by atoms with Crippen LogP contribution in [0.25, 0.3) is 0 Å². The Morgan fingerprint density at radius 3 is 2.85 bits per heavy atom. The summed E-state index contributed by atoms with van der Waals surface area (Å²) in [7, 11) is 0. The lowest BCUT2D eigenvalue weighted by Gasteiger charge is -2.22. The Kier molecular flexibility index (Phi) is 2.06. The van der Waals surface area contributed by atoms with Crippen LogP contribution in [0.5, 0.6) is 0 Å². The van der Waals surface area contributed by atoms with Crippen molar-refractivity contribution in [2.45, 2.75) is 32.1 Å². The maximum Gasteiger partial charge on any atom is 0.129 e. The van der Waals surface area contributed by atoms with Gasteiger partial charge >= 0.3 is 0 Å². The highest BCUT2D eigenvalue weighted by molar-refractivity contribution is 5.34. The van der Waals surface area contributed by atoms with E-state index in [4.69, 9.17) is 0 Å². The summed E-state index contributed by atoms with van der Waals surface area (Å²) in [6.45, 7) is 2.02. The van der Waals surface area contributed by atoms with Gasteiger partial charge in [-0.15, -0.1) is 0 Å². The molecule has 1 aromatic rings. The maximum atomic E-state index is 13.3. The highest BCUT2D eigenvalue weighted by atomic mass is 19.1. The van der Waals surface area contributed by atoms with E-state index in [0.29, 0.717) is 5.92 Å². The number of fused-ring (bicyclic) bond motifs is 1. The smallest absolute Gasteiger partial charge is 0.129 e. The van der Waals surface area contributed by atoms with Crippen molar-refractivity contribution in [1.82, 2.24) is 0 Å². The predicted octanol–water partition coefficient (Wildman–Crippen LogP) is 3.40. The molecule has 0 bridgehead atoms. The molecule has 0 aromatic heterocycles. The molecule has 0 heterocycles. The summed E-state index contributed by atoms with van der Waals surface area (Å²) in [6, 6.07) is 2.46. The Bertz CT molecular complexity index is 331. The van der Waals surface area contributed by atoms with E-state index in [9.17, 15) is 8.78 Å². The topological polar surface area (TPSA) is 0 Å². The molecule has 1 aliphatic rings. The zero-order chi connectivity index (χ0) is 9.42. The van der Waals surface area contributed by atoms with Crippen molar-refractivity contribution in [3.63, 3.8) is 0 Å². The van der Waals surface area contributed by atoms with Crippen molar-refractivity contribution in [3.8, 4) is 0 Å². The third-order valence-corrected chi connectivity index (χ3v) is 2.79. The number of halogens is 2. The van der Waals surface area contributed by atoms with Gasteiger partial charge in [0.1, 0.15) is 11.6 Å². The van der Waals surface area contributed by atoms with Crippen molar-refractivity contribution in [1.29, 1.82) is 0 Å². The van der Waals surface area contributed by atoms with E-state index in [2.05, 4.69) is 0 Å². The SMILES string of the molecule is C[C@@H]1CCCc2c(F)cc(F)cc21. The van der Waals surface area contributed by atoms with Crippen molar-refractivity contribution in [3.05, 3.63) is 34.9 Å². The molecule has 0 saturated carbocycles. The fraction of sp³-hybridized carbons (Fsp3) is 0.455. The first kappa shape index (κ1) is 8.67. The normalized spacial score (nSPS) is 21.3. The molecule has 2 rings (SSSR count). The van der Waals surface area contributed by atoms with Crippen LogP contribution in [-0.2, 0) is 6.42 Å². The van der Waals surface area contributed by atoms with Gasteiger partial charge in [0.15, 0.2) is 0 Å². The van der Waals surface area contributed by atoms with Gasteiger partial charge in [-0.05, 0) is 42.4 Å². The molecule has 0 N–H and O–H groups in total. The molecule has 0 saturated heterocycles. The van der Waals surface area contributed by atoms with Crippen molar-refractivity contribution >= 4 is 0 Å². The Morgan fingerprint density at radius 1 is 1.31 bits per heavy atom. The van der Waals surface area contributed by atoms with Gasteiger partial charge in [0, 0.05) is 6.07 Å².